The number of rotatable bonds is 6. The van der Waals surface area contributed by atoms with Crippen LogP contribution in [-0.2, 0) is 11.2 Å². The Bertz CT molecular complexity index is 1420. The molecule has 0 N–H and O–H groups in total. The third kappa shape index (κ3) is 5.73. The fourth-order valence-corrected chi connectivity index (χ4v) is 5.64. The molecule has 6 rings (SSSR count). The first-order chi connectivity index (χ1) is 18.4. The zero-order valence-corrected chi connectivity index (χ0v) is 22.9. The predicted octanol–water partition coefficient (Wildman–Crippen LogP) is 9.31. The number of hydrogen-bond donors (Lipinski definition) is 0. The van der Waals surface area contributed by atoms with E-state index in [9.17, 15) is 4.79 Å². The Kier molecular flexibility index (Phi) is 7.74. The van der Waals surface area contributed by atoms with Gasteiger partial charge in [-0.05, 0) is 83.9 Å². The number of benzene rings is 3. The first-order valence-corrected chi connectivity index (χ1v) is 14.0. The van der Waals surface area contributed by atoms with Crippen LogP contribution in [0.25, 0.3) is 11.6 Å². The van der Waals surface area contributed by atoms with Gasteiger partial charge >= 0.3 is 0 Å². The zero-order valence-electron chi connectivity index (χ0n) is 22.9. The van der Waals surface area contributed by atoms with E-state index >= 15 is 0 Å². The fourth-order valence-electron chi connectivity index (χ4n) is 5.64. The van der Waals surface area contributed by atoms with Gasteiger partial charge in [-0.3, -0.25) is 4.79 Å². The summed E-state index contributed by atoms with van der Waals surface area (Å²) in [5, 5.41) is 0. The highest BCUT2D eigenvalue weighted by Crippen LogP contribution is 2.53. The van der Waals surface area contributed by atoms with Crippen molar-refractivity contribution in [3.8, 4) is 0 Å². The molecule has 1 heteroatoms. The van der Waals surface area contributed by atoms with Gasteiger partial charge in [0, 0.05) is 11.5 Å². The van der Waals surface area contributed by atoms with E-state index in [4.69, 9.17) is 0 Å². The van der Waals surface area contributed by atoms with Crippen molar-refractivity contribution >= 4 is 17.4 Å². The van der Waals surface area contributed by atoms with Crippen molar-refractivity contribution in [3.05, 3.63) is 142 Å². The molecule has 192 valence electrons. The SMILES string of the molecule is C=C(CCC1=CC2CC2C(C2=Cc3ccc(CC)cc3C(C)C2=O)=C1)c1ccccc1.Cc1ccccc1. The molecule has 1 nitrogen and oxygen atoms in total. The van der Waals surface area contributed by atoms with Gasteiger partial charge in [-0.1, -0.05) is 123 Å². The van der Waals surface area contributed by atoms with E-state index < -0.39 is 0 Å². The monoisotopic (exact) mass is 498 g/mol. The van der Waals surface area contributed by atoms with E-state index in [1.165, 1.54) is 51.0 Å². The molecule has 3 atom stereocenters. The Labute approximate surface area is 228 Å². The van der Waals surface area contributed by atoms with Gasteiger partial charge in [-0.2, -0.15) is 0 Å². The van der Waals surface area contributed by atoms with Crippen molar-refractivity contribution in [1.82, 2.24) is 0 Å². The van der Waals surface area contributed by atoms with Gasteiger partial charge in [-0.25, -0.2) is 0 Å². The molecule has 0 radical (unpaired) electrons. The summed E-state index contributed by atoms with van der Waals surface area (Å²) in [5.41, 5.74) is 11.0. The normalized spacial score (nSPS) is 21.1. The third-order valence-electron chi connectivity index (χ3n) is 8.14. The zero-order chi connectivity index (χ0) is 26.6. The van der Waals surface area contributed by atoms with E-state index in [0.29, 0.717) is 11.8 Å². The van der Waals surface area contributed by atoms with Gasteiger partial charge in [0.15, 0.2) is 5.78 Å². The molecule has 3 aliphatic carbocycles. The fraction of sp³-hybridized carbons (Fsp3) is 0.270. The van der Waals surface area contributed by atoms with Crippen LogP contribution in [0.5, 0.6) is 0 Å². The number of carbonyl (C=O) groups excluding carboxylic acids is 1. The highest BCUT2D eigenvalue weighted by molar-refractivity contribution is 6.10. The largest absolute Gasteiger partial charge is 0.293 e. The molecule has 0 aromatic heterocycles. The lowest BCUT2D eigenvalue weighted by molar-refractivity contribution is -0.116. The molecule has 3 aliphatic rings. The molecule has 3 unspecified atom stereocenters. The average Bonchev–Trinajstić information content (AvgIpc) is 3.74. The molecule has 1 fully saturated rings. The van der Waals surface area contributed by atoms with Crippen molar-refractivity contribution in [2.24, 2.45) is 11.8 Å². The van der Waals surface area contributed by atoms with Crippen LogP contribution in [0, 0.1) is 18.8 Å². The molecular weight excluding hydrogens is 460 g/mol. The molecule has 0 aliphatic heterocycles. The second-order valence-corrected chi connectivity index (χ2v) is 10.9. The maximum Gasteiger partial charge on any atom is 0.170 e. The predicted molar refractivity (Wildman–Crippen MR) is 161 cm³/mol. The van der Waals surface area contributed by atoms with Crippen LogP contribution in [0.15, 0.2) is 114 Å². The quantitative estimate of drug-likeness (QED) is 0.331. The molecule has 0 saturated heterocycles. The van der Waals surface area contributed by atoms with Crippen molar-refractivity contribution < 1.29 is 4.79 Å². The lowest BCUT2D eigenvalue weighted by Gasteiger charge is -2.25. The minimum atomic E-state index is -0.0631. The molecular formula is C37H38O. The van der Waals surface area contributed by atoms with Gasteiger partial charge in [-0.15, -0.1) is 0 Å². The summed E-state index contributed by atoms with van der Waals surface area (Å²) in [4.78, 5) is 13.4. The molecule has 38 heavy (non-hydrogen) atoms. The van der Waals surface area contributed by atoms with Crippen LogP contribution in [0.3, 0.4) is 0 Å². The van der Waals surface area contributed by atoms with Crippen LogP contribution in [-0.4, -0.2) is 5.78 Å². The van der Waals surface area contributed by atoms with E-state index in [1.807, 2.05) is 24.3 Å². The average molecular weight is 499 g/mol. The van der Waals surface area contributed by atoms with Crippen molar-refractivity contribution in [3.63, 3.8) is 0 Å². The van der Waals surface area contributed by atoms with Crippen molar-refractivity contribution in [2.75, 3.05) is 0 Å². The number of ketones is 1. The second-order valence-electron chi connectivity index (χ2n) is 10.9. The van der Waals surface area contributed by atoms with E-state index in [0.717, 1.165) is 24.8 Å². The number of allylic oxidation sites excluding steroid dienone is 6. The van der Waals surface area contributed by atoms with Gasteiger partial charge in [0.25, 0.3) is 0 Å². The van der Waals surface area contributed by atoms with Crippen LogP contribution >= 0.6 is 0 Å². The Morgan fingerprint density at radius 2 is 1.66 bits per heavy atom. The Morgan fingerprint density at radius 1 is 0.947 bits per heavy atom. The molecule has 3 aromatic rings. The van der Waals surface area contributed by atoms with Gasteiger partial charge in [0.2, 0.25) is 0 Å². The minimum Gasteiger partial charge on any atom is -0.293 e. The topological polar surface area (TPSA) is 17.1 Å². The Hall–Kier alpha value is -3.71. The molecule has 0 heterocycles. The summed E-state index contributed by atoms with van der Waals surface area (Å²) >= 11 is 0. The van der Waals surface area contributed by atoms with E-state index in [1.54, 1.807) is 0 Å². The number of aryl methyl sites for hydroxylation is 2. The molecule has 1 saturated carbocycles. The van der Waals surface area contributed by atoms with Gasteiger partial charge < -0.3 is 0 Å². The summed E-state index contributed by atoms with van der Waals surface area (Å²) in [6.45, 7) is 10.6. The van der Waals surface area contributed by atoms with Crippen molar-refractivity contribution in [2.45, 2.75) is 52.4 Å². The molecule has 0 bridgehead atoms. The van der Waals surface area contributed by atoms with Crippen LogP contribution in [0.1, 0.15) is 66.8 Å². The summed E-state index contributed by atoms with van der Waals surface area (Å²) in [6, 6.07) is 27.3. The number of carbonyl (C=O) groups is 1. The third-order valence-corrected chi connectivity index (χ3v) is 8.14. The maximum atomic E-state index is 13.4. The minimum absolute atomic E-state index is 0.0631. The number of fused-ring (bicyclic) bond motifs is 2. The first-order valence-electron chi connectivity index (χ1n) is 14.0. The molecule has 0 spiro atoms. The second kappa shape index (κ2) is 11.4. The number of Topliss-reactive ketones (excluding diaryl/α,β-unsaturated/α-hetero) is 1. The van der Waals surface area contributed by atoms with Crippen LogP contribution in [0.2, 0.25) is 0 Å². The van der Waals surface area contributed by atoms with Crippen molar-refractivity contribution in [1.29, 1.82) is 0 Å². The van der Waals surface area contributed by atoms with Crippen LogP contribution in [0.4, 0.5) is 0 Å². The summed E-state index contributed by atoms with van der Waals surface area (Å²) in [6.07, 6.45) is 11.0. The summed E-state index contributed by atoms with van der Waals surface area (Å²) < 4.78 is 0. The number of hydrogen-bond acceptors (Lipinski definition) is 1. The maximum absolute atomic E-state index is 13.4. The highest BCUT2D eigenvalue weighted by Gasteiger charge is 2.44. The lowest BCUT2D eigenvalue weighted by Crippen LogP contribution is -2.20. The summed E-state index contributed by atoms with van der Waals surface area (Å²) in [5.74, 6) is 1.35. The standard InChI is InChI=1S/C30H30O.C7H8/c1-4-21-12-13-24-17-29(30(31)20(3)26(24)15-21)28-16-22(14-25-18-27(25)28)11-10-19(2)23-8-6-5-7-9-23;1-7-5-3-2-4-6-7/h5-9,12-17,20,25,27H,2,4,10-11,18H2,1,3H3;2-6H,1H3. The van der Waals surface area contributed by atoms with Gasteiger partial charge in [0.05, 0.1) is 0 Å². The summed E-state index contributed by atoms with van der Waals surface area (Å²) in [7, 11) is 0. The first kappa shape index (κ1) is 25.9. The highest BCUT2D eigenvalue weighted by atomic mass is 16.1. The molecule has 3 aromatic carbocycles. The van der Waals surface area contributed by atoms with Crippen LogP contribution < -0.4 is 0 Å². The van der Waals surface area contributed by atoms with E-state index in [2.05, 4.69) is 100 Å². The Balaban J connectivity index is 0.000000366. The lowest BCUT2D eigenvalue weighted by atomic mass is 9.77. The van der Waals surface area contributed by atoms with Gasteiger partial charge in [0.1, 0.15) is 0 Å². The molecule has 0 amide bonds. The Morgan fingerprint density at radius 3 is 2.32 bits per heavy atom. The smallest absolute Gasteiger partial charge is 0.170 e. The van der Waals surface area contributed by atoms with E-state index in [-0.39, 0.29) is 11.7 Å².